The standard InChI is InChI=1S/C18H30N4O3S/c1-5-19-14(2)13-20-18(23)16-12-15(26(24,25)21(3)4)8-9-17(16)22-10-6-7-11-22/h8-9,12,14,19H,5-7,10-11,13H2,1-4H3,(H,20,23)/t14-/m1/s1. The van der Waals surface area contributed by atoms with Crippen LogP contribution >= 0.6 is 0 Å². The van der Waals surface area contributed by atoms with Crippen LogP contribution in [0, 0.1) is 0 Å². The summed E-state index contributed by atoms with van der Waals surface area (Å²) in [7, 11) is -0.615. The first-order valence-corrected chi connectivity index (χ1v) is 10.5. The molecule has 0 saturated carbocycles. The van der Waals surface area contributed by atoms with Crippen LogP contribution in [0.1, 0.15) is 37.0 Å². The van der Waals surface area contributed by atoms with Gasteiger partial charge in [-0.05, 0) is 44.5 Å². The van der Waals surface area contributed by atoms with Crippen molar-refractivity contribution in [3.05, 3.63) is 23.8 Å². The molecule has 7 nitrogen and oxygen atoms in total. The molecule has 1 aliphatic heterocycles. The van der Waals surface area contributed by atoms with Gasteiger partial charge in [0.1, 0.15) is 0 Å². The second kappa shape index (κ2) is 8.83. The lowest BCUT2D eigenvalue weighted by molar-refractivity contribution is 0.0950. The van der Waals surface area contributed by atoms with Crippen molar-refractivity contribution in [2.75, 3.05) is 45.2 Å². The lowest BCUT2D eigenvalue weighted by Gasteiger charge is -2.23. The second-order valence-electron chi connectivity index (χ2n) is 6.83. The number of sulfonamides is 1. The average Bonchev–Trinajstić information content (AvgIpc) is 3.13. The van der Waals surface area contributed by atoms with Crippen LogP contribution in [0.15, 0.2) is 23.1 Å². The minimum absolute atomic E-state index is 0.135. The summed E-state index contributed by atoms with van der Waals surface area (Å²) in [5.74, 6) is -0.243. The van der Waals surface area contributed by atoms with Crippen molar-refractivity contribution < 1.29 is 13.2 Å². The summed E-state index contributed by atoms with van der Waals surface area (Å²) in [6, 6.07) is 4.98. The molecule has 1 fully saturated rings. The Bertz CT molecular complexity index is 728. The maximum Gasteiger partial charge on any atom is 0.253 e. The molecule has 1 aliphatic rings. The Morgan fingerprint density at radius 1 is 1.27 bits per heavy atom. The van der Waals surface area contributed by atoms with Gasteiger partial charge in [0.05, 0.1) is 10.5 Å². The van der Waals surface area contributed by atoms with E-state index in [1.54, 1.807) is 12.1 Å². The van der Waals surface area contributed by atoms with Gasteiger partial charge in [-0.25, -0.2) is 12.7 Å². The van der Waals surface area contributed by atoms with E-state index in [2.05, 4.69) is 15.5 Å². The smallest absolute Gasteiger partial charge is 0.253 e. The average molecular weight is 383 g/mol. The van der Waals surface area contributed by atoms with Gasteiger partial charge >= 0.3 is 0 Å². The van der Waals surface area contributed by atoms with Crippen molar-refractivity contribution in [1.82, 2.24) is 14.9 Å². The molecule has 0 unspecified atom stereocenters. The zero-order chi connectivity index (χ0) is 19.3. The normalized spacial score (nSPS) is 16.1. The lowest BCUT2D eigenvalue weighted by Crippen LogP contribution is -2.39. The van der Waals surface area contributed by atoms with Gasteiger partial charge in [0.15, 0.2) is 0 Å². The van der Waals surface area contributed by atoms with E-state index in [1.807, 2.05) is 13.8 Å². The monoisotopic (exact) mass is 382 g/mol. The van der Waals surface area contributed by atoms with E-state index < -0.39 is 10.0 Å². The molecule has 8 heteroatoms. The van der Waals surface area contributed by atoms with E-state index in [-0.39, 0.29) is 16.8 Å². The van der Waals surface area contributed by atoms with E-state index in [9.17, 15) is 13.2 Å². The quantitative estimate of drug-likeness (QED) is 0.708. The first-order chi connectivity index (χ1) is 12.3. The van der Waals surface area contributed by atoms with E-state index >= 15 is 0 Å². The summed E-state index contributed by atoms with van der Waals surface area (Å²) in [6.07, 6.45) is 2.16. The highest BCUT2D eigenvalue weighted by Gasteiger charge is 2.24. The second-order valence-corrected chi connectivity index (χ2v) is 8.98. The number of carbonyl (C=O) groups excluding carboxylic acids is 1. The van der Waals surface area contributed by atoms with E-state index in [0.717, 1.165) is 42.5 Å². The van der Waals surface area contributed by atoms with Crippen LogP contribution in [-0.2, 0) is 10.0 Å². The van der Waals surface area contributed by atoms with Gasteiger partial charge in [-0.3, -0.25) is 4.79 Å². The molecule has 0 aromatic heterocycles. The minimum Gasteiger partial charge on any atom is -0.371 e. The zero-order valence-electron chi connectivity index (χ0n) is 16.1. The number of hydrogen-bond acceptors (Lipinski definition) is 5. The van der Waals surface area contributed by atoms with Crippen LogP contribution in [0.2, 0.25) is 0 Å². The van der Waals surface area contributed by atoms with Crippen molar-refractivity contribution in [3.8, 4) is 0 Å². The number of nitrogens with zero attached hydrogens (tertiary/aromatic N) is 2. The molecule has 1 heterocycles. The Labute approximate surface area is 156 Å². The van der Waals surface area contributed by atoms with Crippen molar-refractivity contribution in [2.24, 2.45) is 0 Å². The maximum atomic E-state index is 12.8. The number of anilines is 1. The van der Waals surface area contributed by atoms with Gasteiger partial charge < -0.3 is 15.5 Å². The fraction of sp³-hybridized carbons (Fsp3) is 0.611. The summed E-state index contributed by atoms with van der Waals surface area (Å²) in [5, 5.41) is 6.16. The van der Waals surface area contributed by atoms with Crippen molar-refractivity contribution >= 4 is 21.6 Å². The topological polar surface area (TPSA) is 81.7 Å². The number of benzene rings is 1. The van der Waals surface area contributed by atoms with Crippen molar-refractivity contribution in [3.63, 3.8) is 0 Å². The zero-order valence-corrected chi connectivity index (χ0v) is 16.9. The largest absolute Gasteiger partial charge is 0.371 e. The van der Waals surface area contributed by atoms with E-state index in [0.29, 0.717) is 12.1 Å². The third-order valence-corrected chi connectivity index (χ3v) is 6.37. The van der Waals surface area contributed by atoms with E-state index in [4.69, 9.17) is 0 Å². The molecule has 2 rings (SSSR count). The Morgan fingerprint density at radius 2 is 1.92 bits per heavy atom. The van der Waals surface area contributed by atoms with E-state index in [1.165, 1.54) is 20.2 Å². The summed E-state index contributed by atoms with van der Waals surface area (Å²) < 4.78 is 26.1. The van der Waals surface area contributed by atoms with Crippen LogP contribution in [-0.4, -0.2) is 64.9 Å². The number of nitrogens with one attached hydrogen (secondary N) is 2. The number of rotatable bonds is 8. The molecule has 0 spiro atoms. The molecule has 1 amide bonds. The molecule has 26 heavy (non-hydrogen) atoms. The first-order valence-electron chi connectivity index (χ1n) is 9.10. The van der Waals surface area contributed by atoms with Crippen molar-refractivity contribution in [1.29, 1.82) is 0 Å². The van der Waals surface area contributed by atoms with Crippen molar-refractivity contribution in [2.45, 2.75) is 37.6 Å². The molecule has 1 aromatic rings. The molecule has 0 aliphatic carbocycles. The minimum atomic E-state index is -3.59. The third kappa shape index (κ3) is 4.75. The van der Waals surface area contributed by atoms with Gasteiger partial charge in [-0.15, -0.1) is 0 Å². The molecule has 2 N–H and O–H groups in total. The van der Waals surface area contributed by atoms with Gasteiger partial charge in [0.25, 0.3) is 5.91 Å². The molecule has 0 bridgehead atoms. The Hall–Kier alpha value is -1.64. The molecule has 0 radical (unpaired) electrons. The molecule has 1 saturated heterocycles. The fourth-order valence-corrected chi connectivity index (χ4v) is 3.99. The number of carbonyl (C=O) groups is 1. The highest BCUT2D eigenvalue weighted by Crippen LogP contribution is 2.28. The summed E-state index contributed by atoms with van der Waals surface area (Å²) in [5.41, 5.74) is 1.22. The van der Waals surface area contributed by atoms with Gasteiger partial charge in [0, 0.05) is 45.5 Å². The summed E-state index contributed by atoms with van der Waals surface area (Å²) in [6.45, 7) is 7.09. The van der Waals surface area contributed by atoms with Crippen LogP contribution in [0.25, 0.3) is 0 Å². The Balaban J connectivity index is 2.34. The molecule has 146 valence electrons. The Kier molecular flexibility index (Phi) is 7.02. The van der Waals surface area contributed by atoms with Crippen LogP contribution in [0.5, 0.6) is 0 Å². The highest BCUT2D eigenvalue weighted by molar-refractivity contribution is 7.89. The highest BCUT2D eigenvalue weighted by atomic mass is 32.2. The lowest BCUT2D eigenvalue weighted by atomic mass is 10.1. The predicted octanol–water partition coefficient (Wildman–Crippen LogP) is 1.26. The third-order valence-electron chi connectivity index (χ3n) is 4.56. The van der Waals surface area contributed by atoms with Crippen LogP contribution in [0.4, 0.5) is 5.69 Å². The molecular weight excluding hydrogens is 352 g/mol. The molecule has 1 atom stereocenters. The van der Waals surface area contributed by atoms with Crippen LogP contribution < -0.4 is 15.5 Å². The first kappa shape index (κ1) is 20.7. The van der Waals surface area contributed by atoms with Gasteiger partial charge in [0.2, 0.25) is 10.0 Å². The predicted molar refractivity (Wildman–Crippen MR) is 104 cm³/mol. The Morgan fingerprint density at radius 3 is 2.50 bits per heavy atom. The van der Waals surface area contributed by atoms with Crippen LogP contribution in [0.3, 0.4) is 0 Å². The fourth-order valence-electron chi connectivity index (χ4n) is 3.06. The SMILES string of the molecule is CCN[C@H](C)CNC(=O)c1cc(S(=O)(=O)N(C)C)ccc1N1CCCC1. The molecular formula is C18H30N4O3S. The molecule has 1 aromatic carbocycles. The number of hydrogen-bond donors (Lipinski definition) is 2. The van der Waals surface area contributed by atoms with Gasteiger partial charge in [-0.1, -0.05) is 6.92 Å². The number of likely N-dealkylation sites (N-methyl/N-ethyl adjacent to an activating group) is 1. The summed E-state index contributed by atoms with van der Waals surface area (Å²) >= 11 is 0. The maximum absolute atomic E-state index is 12.8. The summed E-state index contributed by atoms with van der Waals surface area (Å²) in [4.78, 5) is 15.1. The van der Waals surface area contributed by atoms with Gasteiger partial charge in [-0.2, -0.15) is 0 Å². The number of amides is 1.